The summed E-state index contributed by atoms with van der Waals surface area (Å²) in [7, 11) is 0. The summed E-state index contributed by atoms with van der Waals surface area (Å²) in [6, 6.07) is 0. The second-order valence-electron chi connectivity index (χ2n) is 4.56. The zero-order valence-corrected chi connectivity index (χ0v) is 9.09. The lowest BCUT2D eigenvalue weighted by Gasteiger charge is -2.26. The summed E-state index contributed by atoms with van der Waals surface area (Å²) in [5.74, 6) is 1.53. The maximum atomic E-state index is 10.5. The Balaban J connectivity index is 1.99. The van der Waals surface area contributed by atoms with E-state index >= 15 is 0 Å². The van der Waals surface area contributed by atoms with Crippen LogP contribution in [0.2, 0.25) is 0 Å². The number of primary amides is 1. The molecule has 0 atom stereocenters. The van der Waals surface area contributed by atoms with Crippen molar-refractivity contribution < 1.29 is 4.79 Å². The normalized spacial score (nSPS) is 27.5. The highest BCUT2D eigenvalue weighted by molar-refractivity contribution is 5.75. The molecule has 0 radical (unpaired) electrons. The maximum Gasteiger partial charge on any atom is 0.231 e. The molecular weight excluding hydrogens is 176 g/mol. The Labute approximate surface area is 86.4 Å². The monoisotopic (exact) mass is 198 g/mol. The summed E-state index contributed by atoms with van der Waals surface area (Å²) in [5, 5.41) is 3.07. The highest BCUT2D eigenvalue weighted by Gasteiger charge is 2.17. The van der Waals surface area contributed by atoms with Crippen LogP contribution in [0.3, 0.4) is 0 Å². The second-order valence-corrected chi connectivity index (χ2v) is 4.56. The van der Waals surface area contributed by atoms with Gasteiger partial charge in [-0.3, -0.25) is 4.79 Å². The fourth-order valence-corrected chi connectivity index (χ4v) is 2.14. The van der Waals surface area contributed by atoms with Crippen molar-refractivity contribution in [3.8, 4) is 0 Å². The van der Waals surface area contributed by atoms with Crippen molar-refractivity contribution in [2.75, 3.05) is 13.1 Å². The predicted molar refractivity (Wildman–Crippen MR) is 57.8 cm³/mol. The molecule has 0 aromatic rings. The number of hydrogen-bond acceptors (Lipinski definition) is 2. The zero-order chi connectivity index (χ0) is 10.4. The Morgan fingerprint density at radius 2 is 2.00 bits per heavy atom. The lowest BCUT2D eigenvalue weighted by Crippen LogP contribution is -2.30. The van der Waals surface area contributed by atoms with E-state index in [4.69, 9.17) is 5.73 Å². The number of hydrogen-bond donors (Lipinski definition) is 2. The summed E-state index contributed by atoms with van der Waals surface area (Å²) in [6.07, 6.45) is 6.67. The molecule has 1 rings (SSSR count). The molecule has 1 fully saturated rings. The molecule has 0 saturated heterocycles. The summed E-state index contributed by atoms with van der Waals surface area (Å²) < 4.78 is 0. The third-order valence-electron chi connectivity index (χ3n) is 3.16. The van der Waals surface area contributed by atoms with E-state index in [0.29, 0.717) is 6.54 Å². The van der Waals surface area contributed by atoms with Gasteiger partial charge in [0, 0.05) is 0 Å². The number of amides is 1. The van der Waals surface area contributed by atoms with Crippen molar-refractivity contribution in [1.82, 2.24) is 5.32 Å². The average Bonchev–Trinajstić information content (AvgIpc) is 2.15. The number of carbonyl (C=O) groups excluding carboxylic acids is 1. The van der Waals surface area contributed by atoms with Gasteiger partial charge in [0.15, 0.2) is 0 Å². The number of nitrogens with one attached hydrogen (secondary N) is 1. The van der Waals surface area contributed by atoms with E-state index in [0.717, 1.165) is 18.4 Å². The van der Waals surface area contributed by atoms with Crippen LogP contribution in [0, 0.1) is 11.8 Å². The molecule has 0 aromatic carbocycles. The first-order valence-electron chi connectivity index (χ1n) is 5.67. The Bertz CT molecular complexity index is 174. The first-order valence-corrected chi connectivity index (χ1v) is 5.67. The van der Waals surface area contributed by atoms with Gasteiger partial charge in [0.2, 0.25) is 5.91 Å². The van der Waals surface area contributed by atoms with Crippen molar-refractivity contribution >= 4 is 5.91 Å². The van der Waals surface area contributed by atoms with Crippen molar-refractivity contribution in [3.05, 3.63) is 0 Å². The minimum atomic E-state index is -0.262. The Morgan fingerprint density at radius 3 is 2.57 bits per heavy atom. The average molecular weight is 198 g/mol. The van der Waals surface area contributed by atoms with Gasteiger partial charge in [0.05, 0.1) is 6.54 Å². The van der Waals surface area contributed by atoms with E-state index in [-0.39, 0.29) is 5.91 Å². The van der Waals surface area contributed by atoms with Crippen LogP contribution in [0.5, 0.6) is 0 Å². The van der Waals surface area contributed by atoms with Crippen LogP contribution < -0.4 is 11.1 Å². The van der Waals surface area contributed by atoms with E-state index in [1.54, 1.807) is 0 Å². The first kappa shape index (κ1) is 11.5. The van der Waals surface area contributed by atoms with Gasteiger partial charge in [-0.05, 0) is 24.8 Å². The first-order chi connectivity index (χ1) is 6.68. The van der Waals surface area contributed by atoms with E-state index in [1.165, 1.54) is 32.1 Å². The molecule has 0 unspecified atom stereocenters. The molecule has 3 heteroatoms. The lowest BCUT2D eigenvalue weighted by molar-refractivity contribution is -0.117. The quantitative estimate of drug-likeness (QED) is 0.654. The van der Waals surface area contributed by atoms with Gasteiger partial charge in [-0.1, -0.05) is 32.6 Å². The van der Waals surface area contributed by atoms with Gasteiger partial charge < -0.3 is 11.1 Å². The summed E-state index contributed by atoms with van der Waals surface area (Å²) in [5.41, 5.74) is 5.03. The lowest BCUT2D eigenvalue weighted by atomic mass is 9.81. The number of carbonyl (C=O) groups is 1. The van der Waals surface area contributed by atoms with Gasteiger partial charge in [-0.2, -0.15) is 0 Å². The standard InChI is InChI=1S/C11H22N2O/c1-9-2-4-10(5-3-9)6-7-13-8-11(12)14/h9-10,13H,2-8H2,1H3,(H2,12,14). The number of nitrogens with two attached hydrogens (primary N) is 1. The van der Waals surface area contributed by atoms with E-state index < -0.39 is 0 Å². The van der Waals surface area contributed by atoms with Crippen molar-refractivity contribution in [3.63, 3.8) is 0 Å². The summed E-state index contributed by atoms with van der Waals surface area (Å²) >= 11 is 0. The fourth-order valence-electron chi connectivity index (χ4n) is 2.14. The molecule has 82 valence electrons. The molecule has 3 N–H and O–H groups in total. The highest BCUT2D eigenvalue weighted by atomic mass is 16.1. The Morgan fingerprint density at radius 1 is 1.36 bits per heavy atom. The largest absolute Gasteiger partial charge is 0.369 e. The maximum absolute atomic E-state index is 10.5. The van der Waals surface area contributed by atoms with Crippen LogP contribution >= 0.6 is 0 Å². The molecule has 0 heterocycles. The van der Waals surface area contributed by atoms with Crippen molar-refractivity contribution in [1.29, 1.82) is 0 Å². The smallest absolute Gasteiger partial charge is 0.231 e. The third kappa shape index (κ3) is 4.61. The minimum absolute atomic E-state index is 0.262. The molecule has 0 spiro atoms. The molecule has 3 nitrogen and oxygen atoms in total. The molecule has 14 heavy (non-hydrogen) atoms. The van der Waals surface area contributed by atoms with Crippen LogP contribution in [0.15, 0.2) is 0 Å². The molecule has 0 aliphatic heterocycles. The van der Waals surface area contributed by atoms with Crippen LogP contribution in [0.4, 0.5) is 0 Å². The Kier molecular flexibility index (Phi) is 4.94. The van der Waals surface area contributed by atoms with Crippen LogP contribution in [0.1, 0.15) is 39.0 Å². The van der Waals surface area contributed by atoms with Gasteiger partial charge in [0.25, 0.3) is 0 Å². The summed E-state index contributed by atoms with van der Waals surface area (Å²) in [4.78, 5) is 10.5. The van der Waals surface area contributed by atoms with E-state index in [2.05, 4.69) is 12.2 Å². The summed E-state index contributed by atoms with van der Waals surface area (Å²) in [6.45, 7) is 3.59. The van der Waals surface area contributed by atoms with Crippen molar-refractivity contribution in [2.24, 2.45) is 17.6 Å². The van der Waals surface area contributed by atoms with Crippen LogP contribution in [-0.2, 0) is 4.79 Å². The van der Waals surface area contributed by atoms with Crippen molar-refractivity contribution in [2.45, 2.75) is 39.0 Å². The number of rotatable bonds is 5. The molecule has 1 saturated carbocycles. The van der Waals surface area contributed by atoms with Crippen LogP contribution in [0.25, 0.3) is 0 Å². The van der Waals surface area contributed by atoms with E-state index in [9.17, 15) is 4.79 Å². The Hall–Kier alpha value is -0.570. The van der Waals surface area contributed by atoms with Crippen LogP contribution in [-0.4, -0.2) is 19.0 Å². The topological polar surface area (TPSA) is 55.1 Å². The second kappa shape index (κ2) is 6.02. The van der Waals surface area contributed by atoms with Gasteiger partial charge in [-0.25, -0.2) is 0 Å². The molecule has 1 aliphatic rings. The molecule has 0 aromatic heterocycles. The fraction of sp³-hybridized carbons (Fsp3) is 0.909. The molecule has 1 amide bonds. The van der Waals surface area contributed by atoms with Gasteiger partial charge >= 0.3 is 0 Å². The van der Waals surface area contributed by atoms with E-state index in [1.807, 2.05) is 0 Å². The van der Waals surface area contributed by atoms with Gasteiger partial charge in [0.1, 0.15) is 0 Å². The molecular formula is C11H22N2O. The minimum Gasteiger partial charge on any atom is -0.369 e. The van der Waals surface area contributed by atoms with Gasteiger partial charge in [-0.15, -0.1) is 0 Å². The zero-order valence-electron chi connectivity index (χ0n) is 9.09. The molecule has 0 bridgehead atoms. The predicted octanol–water partition coefficient (Wildman–Crippen LogP) is 1.28. The SMILES string of the molecule is CC1CCC(CCNCC(N)=O)CC1. The highest BCUT2D eigenvalue weighted by Crippen LogP contribution is 2.29. The third-order valence-corrected chi connectivity index (χ3v) is 3.16. The molecule has 1 aliphatic carbocycles.